The molecule has 0 radical (unpaired) electrons. The van der Waals surface area contributed by atoms with Gasteiger partial charge in [-0.2, -0.15) is 0 Å². The van der Waals surface area contributed by atoms with E-state index in [2.05, 4.69) is 19.7 Å². The first-order valence-corrected chi connectivity index (χ1v) is 12.1. The van der Waals surface area contributed by atoms with Gasteiger partial charge in [0.25, 0.3) is 0 Å². The van der Waals surface area contributed by atoms with Gasteiger partial charge < -0.3 is 22.6 Å². The second-order valence-corrected chi connectivity index (χ2v) is 2.76. The fourth-order valence-electron chi connectivity index (χ4n) is 1.04. The third kappa shape index (κ3) is 15.5. The summed E-state index contributed by atoms with van der Waals surface area (Å²) in [5, 5.41) is 6.25. The zero-order chi connectivity index (χ0) is 14.2. The summed E-state index contributed by atoms with van der Waals surface area (Å²) in [6, 6.07) is 9.90. The Morgan fingerprint density at radius 1 is 1.42 bits per heavy atom. The van der Waals surface area contributed by atoms with Crippen LogP contribution in [0.5, 0.6) is 0 Å². The van der Waals surface area contributed by atoms with Crippen LogP contribution < -0.4 is 0 Å². The van der Waals surface area contributed by atoms with Crippen molar-refractivity contribution in [2.24, 2.45) is 0 Å². The number of carbonyl (C=O) groups is 1. The average molecular weight is 424 g/mol. The van der Waals surface area contributed by atoms with Crippen molar-refractivity contribution < 1.29 is 42.9 Å². The normalized spacial score (nSPS) is 8.11. The number of rotatable bonds is 4. The van der Waals surface area contributed by atoms with E-state index in [0.717, 1.165) is 5.56 Å². The van der Waals surface area contributed by atoms with Crippen molar-refractivity contribution >= 4 is 19.6 Å². The standard InChI is InChI=1S/C12H13O2.CN.BrH.Cu.Zn/c1-2-14-12(13)10-6-9-11-7-4-3-5-8-11;1-2;;;/h3-8H,2,9H2,1H3;;1H;;/q2*-1;;+1;+2/p-1. The quantitative estimate of drug-likeness (QED) is 0.323. The van der Waals surface area contributed by atoms with E-state index in [1.54, 1.807) is 13.0 Å². The predicted molar refractivity (Wildman–Crippen MR) is 68.5 cm³/mol. The zero-order valence-corrected chi connectivity index (χ0v) is 16.0. The van der Waals surface area contributed by atoms with Crippen LogP contribution in [0.2, 0.25) is 0 Å². The van der Waals surface area contributed by atoms with Crippen LogP contribution in [0.15, 0.2) is 36.4 Å². The first-order valence-electron chi connectivity index (χ1n) is 5.11. The number of ether oxygens (including phenoxy) is 1. The van der Waals surface area contributed by atoms with Crippen LogP contribution >= 0.6 is 13.6 Å². The maximum absolute atomic E-state index is 10.9. The molecule has 6 heteroatoms. The molecule has 19 heavy (non-hydrogen) atoms. The Labute approximate surface area is 141 Å². The molecule has 0 heterocycles. The fraction of sp³-hybridized carbons (Fsp3) is 0.231. The Morgan fingerprint density at radius 3 is 2.42 bits per heavy atom. The maximum atomic E-state index is 10.9. The van der Waals surface area contributed by atoms with Crippen molar-refractivity contribution in [2.45, 2.75) is 13.3 Å². The van der Waals surface area contributed by atoms with Gasteiger partial charge >= 0.3 is 47.0 Å². The molecule has 0 spiro atoms. The molecule has 0 saturated carbocycles. The van der Waals surface area contributed by atoms with E-state index in [4.69, 9.17) is 16.6 Å². The molecule has 0 aromatic heterocycles. The third-order valence-electron chi connectivity index (χ3n) is 1.68. The van der Waals surface area contributed by atoms with Crippen LogP contribution in [0.1, 0.15) is 12.5 Å². The number of benzene rings is 1. The van der Waals surface area contributed by atoms with Gasteiger partial charge in [-0.3, -0.25) is 10.9 Å². The van der Waals surface area contributed by atoms with Gasteiger partial charge in [0.05, 0.1) is 6.61 Å². The number of hydrogen-bond donors (Lipinski definition) is 0. The number of hydrogen-bond acceptors (Lipinski definition) is 3. The molecule has 0 aliphatic carbocycles. The van der Waals surface area contributed by atoms with Gasteiger partial charge in [0.1, 0.15) is 5.97 Å². The van der Waals surface area contributed by atoms with Crippen molar-refractivity contribution in [1.82, 2.24) is 0 Å². The molecule has 3 nitrogen and oxygen atoms in total. The number of carbonyl (C=O) groups excluding carboxylic acids is 1. The molecule has 1 aromatic rings. The molecular formula is C13H13BrCuNO2Zn. The molecule has 0 atom stereocenters. The first kappa shape index (κ1) is 23.6. The Bertz CT molecular complexity index is 358. The molecule has 0 aliphatic rings. The Hall–Kier alpha value is -0.457. The van der Waals surface area contributed by atoms with Gasteiger partial charge in [-0.15, -0.1) is 0 Å². The van der Waals surface area contributed by atoms with E-state index in [1.807, 2.05) is 30.3 Å². The van der Waals surface area contributed by atoms with Crippen molar-refractivity contribution in [1.29, 1.82) is 5.26 Å². The number of halogens is 1. The van der Waals surface area contributed by atoms with E-state index < -0.39 is 5.97 Å². The summed E-state index contributed by atoms with van der Waals surface area (Å²) < 4.78 is 4.70. The van der Waals surface area contributed by atoms with E-state index in [-0.39, 0.29) is 17.1 Å². The second kappa shape index (κ2) is 19.9. The summed E-state index contributed by atoms with van der Waals surface area (Å²) in [4.78, 5) is 10.9. The van der Waals surface area contributed by atoms with Gasteiger partial charge in [0.15, 0.2) is 0 Å². The van der Waals surface area contributed by atoms with E-state index in [1.165, 1.54) is 16.3 Å². The Kier molecular flexibility index (Phi) is 24.7. The van der Waals surface area contributed by atoms with Crippen molar-refractivity contribution in [3.05, 3.63) is 54.6 Å². The second-order valence-electron chi connectivity index (χ2n) is 2.76. The third-order valence-corrected chi connectivity index (χ3v) is 1.68. The minimum atomic E-state index is -0.400. The fourth-order valence-corrected chi connectivity index (χ4v) is 1.04. The molecule has 1 rings (SSSR count). The minimum absolute atomic E-state index is 0. The first-order chi connectivity index (χ1) is 8.83. The summed E-state index contributed by atoms with van der Waals surface area (Å²) in [5.41, 5.74) is 1.16. The monoisotopic (exact) mass is 421 g/mol. The number of allylic oxidation sites excluding steroid dienone is 1. The average Bonchev–Trinajstić information content (AvgIpc) is 2.45. The van der Waals surface area contributed by atoms with Crippen LogP contribution in [0.4, 0.5) is 0 Å². The zero-order valence-electron chi connectivity index (χ0n) is 10.5. The summed E-state index contributed by atoms with van der Waals surface area (Å²) in [6.45, 7) is 6.92. The van der Waals surface area contributed by atoms with E-state index in [9.17, 15) is 4.79 Å². The van der Waals surface area contributed by atoms with Crippen LogP contribution in [-0.2, 0) is 49.4 Å². The molecule has 0 aliphatic heterocycles. The Balaban J connectivity index is -0.000000467. The van der Waals surface area contributed by atoms with Crippen molar-refractivity contribution in [3.63, 3.8) is 0 Å². The predicted octanol–water partition coefficient (Wildman–Crippen LogP) is 3.09. The van der Waals surface area contributed by atoms with Crippen LogP contribution in [0, 0.1) is 17.9 Å². The Morgan fingerprint density at radius 2 is 1.95 bits per heavy atom. The number of esters is 1. The molecule has 0 amide bonds. The van der Waals surface area contributed by atoms with Crippen molar-refractivity contribution in [3.8, 4) is 0 Å². The van der Waals surface area contributed by atoms with Crippen LogP contribution in [-0.4, -0.2) is 12.6 Å². The SMILES string of the molecule is CCOC(=O)[C-]=CCc1ccccc1.[C-]#N.[Cu+].[Zn+][Br]. The van der Waals surface area contributed by atoms with Gasteiger partial charge in [0, 0.05) is 0 Å². The summed E-state index contributed by atoms with van der Waals surface area (Å²) in [6.07, 6.45) is 4.94. The van der Waals surface area contributed by atoms with E-state index in [0.29, 0.717) is 13.0 Å². The topological polar surface area (TPSA) is 50.1 Å². The molecular weight excluding hydrogens is 411 g/mol. The molecule has 0 N–H and O–H groups in total. The molecule has 102 valence electrons. The number of nitrogens with zero attached hydrogens (tertiary/aromatic N) is 1. The van der Waals surface area contributed by atoms with Crippen molar-refractivity contribution in [2.75, 3.05) is 6.61 Å². The molecule has 0 bridgehead atoms. The van der Waals surface area contributed by atoms with Gasteiger partial charge in [-0.1, -0.05) is 30.3 Å². The van der Waals surface area contributed by atoms with Gasteiger partial charge in [-0.25, -0.2) is 0 Å². The molecule has 0 saturated heterocycles. The molecule has 1 aromatic carbocycles. The summed E-state index contributed by atoms with van der Waals surface area (Å²) >= 11 is 4.25. The summed E-state index contributed by atoms with van der Waals surface area (Å²) in [5.74, 6) is -0.400. The van der Waals surface area contributed by atoms with Gasteiger partial charge in [0.2, 0.25) is 0 Å². The van der Waals surface area contributed by atoms with Crippen LogP contribution in [0.3, 0.4) is 0 Å². The molecule has 0 unspecified atom stereocenters. The molecule has 0 fully saturated rings. The summed E-state index contributed by atoms with van der Waals surface area (Å²) in [7, 11) is 0. The van der Waals surface area contributed by atoms with Gasteiger partial charge in [-0.05, 0) is 18.9 Å². The van der Waals surface area contributed by atoms with E-state index >= 15 is 0 Å². The van der Waals surface area contributed by atoms with Crippen LogP contribution in [0.25, 0.3) is 0 Å².